The molecule has 0 aromatic heterocycles. The minimum Gasteiger partial charge on any atom is -0.467 e. The summed E-state index contributed by atoms with van der Waals surface area (Å²) in [6.07, 6.45) is 2.35. The maximum atomic E-state index is 11.6. The van der Waals surface area contributed by atoms with Gasteiger partial charge in [0.15, 0.2) is 0 Å². The maximum Gasteiger partial charge on any atom is 0.328 e. The fraction of sp³-hybridized carbons (Fsp3) is 0.846. The van der Waals surface area contributed by atoms with Crippen LogP contribution in [0.25, 0.3) is 0 Å². The van der Waals surface area contributed by atoms with Gasteiger partial charge >= 0.3 is 5.97 Å². The fourth-order valence-corrected chi connectivity index (χ4v) is 1.54. The molecule has 0 aliphatic heterocycles. The largest absolute Gasteiger partial charge is 0.467 e. The average molecular weight is 243 g/mol. The summed E-state index contributed by atoms with van der Waals surface area (Å²) in [5.74, 6) is 0.188. The highest BCUT2D eigenvalue weighted by Crippen LogP contribution is 2.08. The normalized spacial score (nSPS) is 12.6. The molecule has 17 heavy (non-hydrogen) atoms. The molecule has 0 aromatic carbocycles. The van der Waals surface area contributed by atoms with Gasteiger partial charge in [-0.2, -0.15) is 0 Å². The Morgan fingerprint density at radius 2 is 1.76 bits per heavy atom. The molecule has 1 atom stereocenters. The van der Waals surface area contributed by atoms with Gasteiger partial charge in [0.05, 0.1) is 7.11 Å². The van der Waals surface area contributed by atoms with Gasteiger partial charge in [0.25, 0.3) is 0 Å². The van der Waals surface area contributed by atoms with E-state index >= 15 is 0 Å². The predicted octanol–water partition coefficient (Wildman–Crippen LogP) is 2.13. The molecule has 1 amide bonds. The van der Waals surface area contributed by atoms with Crippen molar-refractivity contribution in [1.29, 1.82) is 0 Å². The molecular weight excluding hydrogens is 218 g/mol. The van der Waals surface area contributed by atoms with E-state index in [2.05, 4.69) is 23.9 Å². The summed E-state index contributed by atoms with van der Waals surface area (Å²) in [4.78, 5) is 23.1. The van der Waals surface area contributed by atoms with Crippen LogP contribution in [0.2, 0.25) is 0 Å². The van der Waals surface area contributed by atoms with E-state index in [-0.39, 0.29) is 17.8 Å². The number of ether oxygens (including phenoxy) is 1. The Labute approximate surface area is 104 Å². The second kappa shape index (κ2) is 8.09. The molecule has 4 nitrogen and oxygen atoms in total. The van der Waals surface area contributed by atoms with Crippen molar-refractivity contribution < 1.29 is 14.3 Å². The van der Waals surface area contributed by atoms with Gasteiger partial charge in [0.2, 0.25) is 5.91 Å². The van der Waals surface area contributed by atoms with Crippen molar-refractivity contribution in [3.8, 4) is 0 Å². The van der Waals surface area contributed by atoms with E-state index < -0.39 is 6.04 Å². The van der Waals surface area contributed by atoms with Crippen molar-refractivity contribution in [3.05, 3.63) is 0 Å². The number of hydrogen-bond donors (Lipinski definition) is 1. The van der Waals surface area contributed by atoms with E-state index in [9.17, 15) is 9.59 Å². The quantitative estimate of drug-likeness (QED) is 0.697. The van der Waals surface area contributed by atoms with Crippen LogP contribution < -0.4 is 5.32 Å². The summed E-state index contributed by atoms with van der Waals surface area (Å²) >= 11 is 0. The Hall–Kier alpha value is -1.06. The maximum absolute atomic E-state index is 11.6. The molecule has 0 bridgehead atoms. The summed E-state index contributed by atoms with van der Waals surface area (Å²) in [6, 6.07) is -0.536. The van der Waals surface area contributed by atoms with Crippen LogP contribution in [-0.2, 0) is 14.3 Å². The third-order valence-corrected chi connectivity index (χ3v) is 2.62. The van der Waals surface area contributed by atoms with Crippen molar-refractivity contribution in [2.45, 2.75) is 53.0 Å². The van der Waals surface area contributed by atoms with Gasteiger partial charge in [-0.05, 0) is 18.3 Å². The molecule has 1 N–H and O–H groups in total. The highest BCUT2D eigenvalue weighted by atomic mass is 16.5. The number of methoxy groups -OCH3 is 1. The molecule has 0 saturated heterocycles. The van der Waals surface area contributed by atoms with Gasteiger partial charge in [0.1, 0.15) is 6.04 Å². The molecule has 0 rings (SSSR count). The minimum absolute atomic E-state index is 0.0384. The van der Waals surface area contributed by atoms with Gasteiger partial charge in [0, 0.05) is 6.42 Å². The Balaban J connectivity index is 4.09. The number of amides is 1. The first-order valence-corrected chi connectivity index (χ1v) is 6.25. The molecule has 0 saturated carbocycles. The molecule has 4 heteroatoms. The van der Waals surface area contributed by atoms with Gasteiger partial charge < -0.3 is 10.1 Å². The molecule has 0 aromatic rings. The lowest BCUT2D eigenvalue weighted by Gasteiger charge is -2.19. The number of carbonyl (C=O) groups is 2. The zero-order valence-electron chi connectivity index (χ0n) is 11.6. The Bertz CT molecular complexity index is 249. The lowest BCUT2D eigenvalue weighted by atomic mass is 10.0. The SMILES string of the molecule is COC(=O)[C@@H](NC(=O)CCCC(C)C)C(C)C. The van der Waals surface area contributed by atoms with Crippen molar-refractivity contribution in [2.75, 3.05) is 7.11 Å². The van der Waals surface area contributed by atoms with Crippen LogP contribution in [0.5, 0.6) is 0 Å². The Morgan fingerprint density at radius 3 is 2.18 bits per heavy atom. The van der Waals surface area contributed by atoms with Crippen LogP contribution in [0.3, 0.4) is 0 Å². The second-order valence-electron chi connectivity index (χ2n) is 5.10. The fourth-order valence-electron chi connectivity index (χ4n) is 1.54. The van der Waals surface area contributed by atoms with Crippen LogP contribution >= 0.6 is 0 Å². The second-order valence-corrected chi connectivity index (χ2v) is 5.10. The van der Waals surface area contributed by atoms with E-state index in [1.165, 1.54) is 7.11 Å². The van der Waals surface area contributed by atoms with E-state index in [1.54, 1.807) is 0 Å². The van der Waals surface area contributed by atoms with E-state index in [4.69, 9.17) is 0 Å². The molecule has 0 fully saturated rings. The molecular formula is C13H25NO3. The highest BCUT2D eigenvalue weighted by Gasteiger charge is 2.24. The van der Waals surface area contributed by atoms with E-state index in [0.717, 1.165) is 12.8 Å². The number of carbonyl (C=O) groups excluding carboxylic acids is 2. The standard InChI is InChI=1S/C13H25NO3/c1-9(2)7-6-8-11(15)14-12(10(3)4)13(16)17-5/h9-10,12H,6-8H2,1-5H3,(H,14,15)/t12-/m0/s1. The van der Waals surface area contributed by atoms with Gasteiger partial charge in [-0.3, -0.25) is 4.79 Å². The lowest BCUT2D eigenvalue weighted by molar-refractivity contribution is -0.146. The lowest BCUT2D eigenvalue weighted by Crippen LogP contribution is -2.44. The Kier molecular flexibility index (Phi) is 7.59. The number of rotatable bonds is 7. The third kappa shape index (κ3) is 6.97. The van der Waals surface area contributed by atoms with Crippen molar-refractivity contribution in [3.63, 3.8) is 0 Å². The minimum atomic E-state index is -0.536. The van der Waals surface area contributed by atoms with Crippen molar-refractivity contribution >= 4 is 11.9 Å². The van der Waals surface area contributed by atoms with Crippen LogP contribution in [-0.4, -0.2) is 25.0 Å². The zero-order chi connectivity index (χ0) is 13.4. The van der Waals surface area contributed by atoms with Crippen LogP contribution in [0.1, 0.15) is 47.0 Å². The summed E-state index contributed by atoms with van der Waals surface area (Å²) in [5, 5.41) is 2.73. The van der Waals surface area contributed by atoms with Gasteiger partial charge in [-0.15, -0.1) is 0 Å². The Morgan fingerprint density at radius 1 is 1.18 bits per heavy atom. The van der Waals surface area contributed by atoms with Gasteiger partial charge in [-0.1, -0.05) is 34.1 Å². The summed E-state index contributed by atoms with van der Waals surface area (Å²) in [7, 11) is 1.34. The summed E-state index contributed by atoms with van der Waals surface area (Å²) in [6.45, 7) is 8.03. The molecule has 0 spiro atoms. The first-order valence-electron chi connectivity index (χ1n) is 6.25. The van der Waals surface area contributed by atoms with E-state index in [1.807, 2.05) is 13.8 Å². The molecule has 0 heterocycles. The summed E-state index contributed by atoms with van der Waals surface area (Å²) < 4.78 is 4.66. The number of hydrogen-bond acceptors (Lipinski definition) is 3. The topological polar surface area (TPSA) is 55.4 Å². The smallest absolute Gasteiger partial charge is 0.328 e. The average Bonchev–Trinajstić information content (AvgIpc) is 2.24. The van der Waals surface area contributed by atoms with Crippen LogP contribution in [0.4, 0.5) is 0 Å². The first kappa shape index (κ1) is 15.9. The molecule has 0 aliphatic rings. The van der Waals surface area contributed by atoms with Crippen molar-refractivity contribution in [1.82, 2.24) is 5.32 Å². The predicted molar refractivity (Wildman–Crippen MR) is 67.5 cm³/mol. The molecule has 100 valence electrons. The monoisotopic (exact) mass is 243 g/mol. The number of esters is 1. The third-order valence-electron chi connectivity index (χ3n) is 2.62. The zero-order valence-corrected chi connectivity index (χ0v) is 11.6. The van der Waals surface area contributed by atoms with Gasteiger partial charge in [-0.25, -0.2) is 4.79 Å². The van der Waals surface area contributed by atoms with Crippen LogP contribution in [0, 0.1) is 11.8 Å². The van der Waals surface area contributed by atoms with E-state index in [0.29, 0.717) is 12.3 Å². The molecule has 0 radical (unpaired) electrons. The molecule has 0 aliphatic carbocycles. The van der Waals surface area contributed by atoms with Crippen molar-refractivity contribution in [2.24, 2.45) is 11.8 Å². The highest BCUT2D eigenvalue weighted by molar-refractivity contribution is 5.84. The summed E-state index contributed by atoms with van der Waals surface area (Å²) in [5.41, 5.74) is 0. The number of nitrogens with one attached hydrogen (secondary N) is 1. The van der Waals surface area contributed by atoms with Crippen LogP contribution in [0.15, 0.2) is 0 Å². The first-order chi connectivity index (χ1) is 7.88. The molecule has 0 unspecified atom stereocenters.